The highest BCUT2D eigenvalue weighted by Gasteiger charge is 2.24. The Hall–Kier alpha value is -1.67. The molecule has 0 aliphatic carbocycles. The lowest BCUT2D eigenvalue weighted by Crippen LogP contribution is -2.21. The van der Waals surface area contributed by atoms with Crippen molar-refractivity contribution in [3.05, 3.63) is 66.2 Å². The number of rotatable bonds is 2. The third-order valence-corrected chi connectivity index (χ3v) is 4.44. The third-order valence-electron chi connectivity index (χ3n) is 3.13. The predicted octanol–water partition coefficient (Wildman–Crippen LogP) is 4.27. The van der Waals surface area contributed by atoms with Crippen LogP contribution < -0.4 is 4.90 Å². The minimum atomic E-state index is 0.391. The Morgan fingerprint density at radius 1 is 1.00 bits per heavy atom. The number of anilines is 1. The van der Waals surface area contributed by atoms with Crippen molar-refractivity contribution in [2.24, 2.45) is 0 Å². The van der Waals surface area contributed by atoms with Crippen molar-refractivity contribution in [3.63, 3.8) is 0 Å². The van der Waals surface area contributed by atoms with Crippen molar-refractivity contribution in [1.29, 1.82) is 0 Å². The van der Waals surface area contributed by atoms with Crippen LogP contribution >= 0.6 is 11.8 Å². The molecule has 0 saturated carbocycles. The number of para-hydroxylation sites is 1. The van der Waals surface area contributed by atoms with E-state index in [9.17, 15) is 0 Å². The van der Waals surface area contributed by atoms with Crippen LogP contribution in [0.1, 0.15) is 5.56 Å². The first-order chi connectivity index (χ1) is 8.84. The fourth-order valence-corrected chi connectivity index (χ4v) is 3.30. The van der Waals surface area contributed by atoms with Gasteiger partial charge in [-0.25, -0.2) is 0 Å². The van der Waals surface area contributed by atoms with Gasteiger partial charge in [0.1, 0.15) is 0 Å². The summed E-state index contributed by atoms with van der Waals surface area (Å²) in [5.41, 5.74) is 2.58. The molecule has 1 aliphatic rings. The Bertz CT molecular complexity index is 562. The molecule has 0 fully saturated rings. The van der Waals surface area contributed by atoms with Crippen LogP contribution in [-0.4, -0.2) is 12.4 Å². The summed E-state index contributed by atoms with van der Waals surface area (Å²) >= 11 is 1.90. The molecule has 0 unspecified atom stereocenters. The Morgan fingerprint density at radius 3 is 2.50 bits per heavy atom. The Labute approximate surface area is 112 Å². The highest BCUT2D eigenvalue weighted by molar-refractivity contribution is 8.00. The molecule has 1 nitrogen and oxygen atoms in total. The van der Waals surface area contributed by atoms with Gasteiger partial charge in [0.25, 0.3) is 0 Å². The van der Waals surface area contributed by atoms with Gasteiger partial charge in [-0.05, 0) is 17.7 Å². The lowest BCUT2D eigenvalue weighted by molar-refractivity contribution is 0.993. The Kier molecular flexibility index (Phi) is 3.11. The Balaban J connectivity index is 1.79. The highest BCUT2D eigenvalue weighted by atomic mass is 32.2. The van der Waals surface area contributed by atoms with Crippen molar-refractivity contribution in [3.8, 4) is 0 Å². The molecule has 90 valence electrons. The zero-order chi connectivity index (χ0) is 12.4. The third kappa shape index (κ3) is 2.16. The first-order valence-corrected chi connectivity index (χ1v) is 6.94. The summed E-state index contributed by atoms with van der Waals surface area (Å²) < 4.78 is 0. The maximum absolute atomic E-state index is 2.32. The lowest BCUT2D eigenvalue weighted by atomic mass is 10.2. The van der Waals surface area contributed by atoms with Crippen molar-refractivity contribution in [2.45, 2.75) is 10.3 Å². The molecule has 0 aromatic heterocycles. The van der Waals surface area contributed by atoms with Gasteiger partial charge in [-0.1, -0.05) is 66.4 Å². The highest BCUT2D eigenvalue weighted by Crippen LogP contribution is 2.42. The molecule has 1 aliphatic heterocycles. The fraction of sp³-hybridized carbons (Fsp3) is 0.125. The predicted molar refractivity (Wildman–Crippen MR) is 80.0 cm³/mol. The number of thioether (sulfide) groups is 1. The SMILES string of the molecule is CN1c2ccccc2S[C@H]1/C=C/c1ccccc1. The average molecular weight is 253 g/mol. The van der Waals surface area contributed by atoms with E-state index < -0.39 is 0 Å². The van der Waals surface area contributed by atoms with Crippen LogP contribution in [0.25, 0.3) is 6.08 Å². The average Bonchev–Trinajstić information content (AvgIpc) is 2.75. The molecule has 2 aromatic rings. The number of likely N-dealkylation sites (N-methyl/N-ethyl adjacent to an activating group) is 1. The summed E-state index contributed by atoms with van der Waals surface area (Å²) in [6.45, 7) is 0. The maximum atomic E-state index is 2.32. The first-order valence-electron chi connectivity index (χ1n) is 6.06. The molecule has 1 atom stereocenters. The van der Waals surface area contributed by atoms with Gasteiger partial charge in [-0.2, -0.15) is 0 Å². The summed E-state index contributed by atoms with van der Waals surface area (Å²) in [6.07, 6.45) is 4.46. The van der Waals surface area contributed by atoms with Crippen molar-refractivity contribution in [1.82, 2.24) is 0 Å². The number of nitrogens with zero attached hydrogens (tertiary/aromatic N) is 1. The van der Waals surface area contributed by atoms with E-state index >= 15 is 0 Å². The molecule has 2 heteroatoms. The van der Waals surface area contributed by atoms with Crippen LogP contribution in [-0.2, 0) is 0 Å². The molecule has 0 N–H and O–H groups in total. The summed E-state index contributed by atoms with van der Waals surface area (Å²) in [7, 11) is 2.15. The summed E-state index contributed by atoms with van der Waals surface area (Å²) in [6, 6.07) is 19.0. The molecule has 0 radical (unpaired) electrons. The monoisotopic (exact) mass is 253 g/mol. The second kappa shape index (κ2) is 4.91. The number of hydrogen-bond donors (Lipinski definition) is 0. The quantitative estimate of drug-likeness (QED) is 0.786. The van der Waals surface area contributed by atoms with Gasteiger partial charge < -0.3 is 4.90 Å². The Morgan fingerprint density at radius 2 is 1.72 bits per heavy atom. The van der Waals surface area contributed by atoms with Gasteiger partial charge in [0.05, 0.1) is 11.1 Å². The van der Waals surface area contributed by atoms with Crippen LogP contribution in [0.4, 0.5) is 5.69 Å². The van der Waals surface area contributed by atoms with E-state index in [2.05, 4.69) is 72.6 Å². The summed E-state index contributed by atoms with van der Waals surface area (Å²) in [5.74, 6) is 0. The van der Waals surface area contributed by atoms with E-state index in [4.69, 9.17) is 0 Å². The zero-order valence-electron chi connectivity index (χ0n) is 10.3. The van der Waals surface area contributed by atoms with Crippen molar-refractivity contribution < 1.29 is 0 Å². The van der Waals surface area contributed by atoms with E-state index in [0.29, 0.717) is 5.37 Å². The number of hydrogen-bond acceptors (Lipinski definition) is 2. The normalized spacial score (nSPS) is 18.3. The van der Waals surface area contributed by atoms with Crippen molar-refractivity contribution >= 4 is 23.5 Å². The standard InChI is InChI=1S/C16H15NS/c1-17-14-9-5-6-10-15(14)18-16(17)12-11-13-7-3-2-4-8-13/h2-12,16H,1H3/b12-11+/t16-/m0/s1. The van der Waals surface area contributed by atoms with E-state index in [0.717, 1.165) is 0 Å². The zero-order valence-corrected chi connectivity index (χ0v) is 11.1. The van der Waals surface area contributed by atoms with Crippen LogP contribution in [0.3, 0.4) is 0 Å². The van der Waals surface area contributed by atoms with E-state index in [1.54, 1.807) is 0 Å². The van der Waals surface area contributed by atoms with Gasteiger partial charge in [0, 0.05) is 11.9 Å². The molecule has 1 heterocycles. The number of fused-ring (bicyclic) bond motifs is 1. The van der Waals surface area contributed by atoms with E-state index in [-0.39, 0.29) is 0 Å². The first kappa shape index (κ1) is 11.4. The van der Waals surface area contributed by atoms with Crippen molar-refractivity contribution in [2.75, 3.05) is 11.9 Å². The molecule has 0 amide bonds. The molecule has 3 rings (SSSR count). The summed E-state index contributed by atoms with van der Waals surface area (Å²) in [4.78, 5) is 3.68. The van der Waals surface area contributed by atoms with Crippen LogP contribution in [0.15, 0.2) is 65.6 Å². The molecular formula is C16H15NS. The second-order valence-electron chi connectivity index (χ2n) is 4.36. The molecule has 0 saturated heterocycles. The number of benzene rings is 2. The summed E-state index contributed by atoms with van der Waals surface area (Å²) in [5, 5.41) is 0.391. The molecular weight excluding hydrogens is 238 g/mol. The molecule has 18 heavy (non-hydrogen) atoms. The molecule has 2 aromatic carbocycles. The molecule has 0 spiro atoms. The van der Waals surface area contributed by atoms with Gasteiger partial charge in [0.2, 0.25) is 0 Å². The van der Waals surface area contributed by atoms with Gasteiger partial charge >= 0.3 is 0 Å². The fourth-order valence-electron chi connectivity index (χ4n) is 2.12. The van der Waals surface area contributed by atoms with E-state index in [1.807, 2.05) is 17.8 Å². The van der Waals surface area contributed by atoms with Gasteiger partial charge in [-0.3, -0.25) is 0 Å². The maximum Gasteiger partial charge on any atom is 0.0983 e. The minimum absolute atomic E-state index is 0.391. The van der Waals surface area contributed by atoms with Gasteiger partial charge in [0.15, 0.2) is 0 Å². The van der Waals surface area contributed by atoms with Crippen LogP contribution in [0, 0.1) is 0 Å². The molecule has 0 bridgehead atoms. The van der Waals surface area contributed by atoms with Gasteiger partial charge in [-0.15, -0.1) is 0 Å². The van der Waals surface area contributed by atoms with E-state index in [1.165, 1.54) is 16.1 Å². The van der Waals surface area contributed by atoms with Crippen LogP contribution in [0.2, 0.25) is 0 Å². The second-order valence-corrected chi connectivity index (χ2v) is 5.52. The smallest absolute Gasteiger partial charge is 0.0983 e. The topological polar surface area (TPSA) is 3.24 Å². The largest absolute Gasteiger partial charge is 0.358 e. The van der Waals surface area contributed by atoms with Crippen LogP contribution in [0.5, 0.6) is 0 Å². The minimum Gasteiger partial charge on any atom is -0.358 e. The lowest BCUT2D eigenvalue weighted by Gasteiger charge is -2.18.